The fourth-order valence-corrected chi connectivity index (χ4v) is 1.70. The van der Waals surface area contributed by atoms with E-state index in [1.807, 2.05) is 45.2 Å². The van der Waals surface area contributed by atoms with E-state index in [0.717, 1.165) is 27.9 Å². The van der Waals surface area contributed by atoms with Gasteiger partial charge in [0.2, 0.25) is 0 Å². The van der Waals surface area contributed by atoms with Gasteiger partial charge >= 0.3 is 0 Å². The number of allylic oxidation sites excluding steroid dienone is 1. The largest absolute Gasteiger partial charge is 0.388 e. The summed E-state index contributed by atoms with van der Waals surface area (Å²) in [4.78, 5) is 0. The quantitative estimate of drug-likeness (QED) is 0.812. The smallest absolute Gasteiger partial charge is 0.176 e. The van der Waals surface area contributed by atoms with Gasteiger partial charge < -0.3 is 9.84 Å². The van der Waals surface area contributed by atoms with E-state index in [1.165, 1.54) is 0 Å². The highest BCUT2D eigenvalue weighted by atomic mass is 16.5. The second-order valence-electron chi connectivity index (χ2n) is 3.42. The first-order chi connectivity index (χ1) is 7.27. The molecule has 0 amide bonds. The van der Waals surface area contributed by atoms with Gasteiger partial charge in [-0.25, -0.2) is 0 Å². The number of benzene rings is 1. The minimum Gasteiger partial charge on any atom is -0.388 e. The van der Waals surface area contributed by atoms with Gasteiger partial charge in [0.25, 0.3) is 0 Å². The zero-order valence-corrected chi connectivity index (χ0v) is 9.16. The number of aryl methyl sites for hydroxylation is 1. The topological polar surface area (TPSA) is 38.1 Å². The molecule has 78 valence electrons. The maximum atomic E-state index is 5.33. The zero-order chi connectivity index (χ0) is 10.8. The SMILES string of the molecule is CC=Cc1c(NC)ccc2c(C)noc12. The predicted octanol–water partition coefficient (Wildman–Crippen LogP) is 3.21. The van der Waals surface area contributed by atoms with Crippen molar-refractivity contribution < 1.29 is 4.52 Å². The molecule has 1 aromatic heterocycles. The number of hydrogen-bond donors (Lipinski definition) is 1. The van der Waals surface area contributed by atoms with E-state index in [9.17, 15) is 0 Å². The van der Waals surface area contributed by atoms with Crippen LogP contribution in [0.1, 0.15) is 18.2 Å². The van der Waals surface area contributed by atoms with Crippen LogP contribution in [0.2, 0.25) is 0 Å². The molecule has 1 aromatic carbocycles. The number of anilines is 1. The van der Waals surface area contributed by atoms with Gasteiger partial charge in [-0.1, -0.05) is 17.3 Å². The number of rotatable bonds is 2. The van der Waals surface area contributed by atoms with Crippen molar-refractivity contribution in [2.45, 2.75) is 13.8 Å². The van der Waals surface area contributed by atoms with Crippen molar-refractivity contribution in [2.75, 3.05) is 12.4 Å². The van der Waals surface area contributed by atoms with Crippen LogP contribution < -0.4 is 5.32 Å². The monoisotopic (exact) mass is 202 g/mol. The van der Waals surface area contributed by atoms with Crippen molar-refractivity contribution in [1.29, 1.82) is 0 Å². The Bertz CT molecular complexity index is 512. The maximum Gasteiger partial charge on any atom is 0.176 e. The Morgan fingerprint density at radius 3 is 2.87 bits per heavy atom. The highest BCUT2D eigenvalue weighted by Gasteiger charge is 2.10. The van der Waals surface area contributed by atoms with E-state index >= 15 is 0 Å². The highest BCUT2D eigenvalue weighted by Crippen LogP contribution is 2.29. The number of nitrogens with zero attached hydrogens (tertiary/aromatic N) is 1. The van der Waals surface area contributed by atoms with Crippen molar-refractivity contribution in [3.05, 3.63) is 29.5 Å². The molecule has 0 aliphatic rings. The molecule has 1 heterocycles. The van der Waals surface area contributed by atoms with Gasteiger partial charge in [0.05, 0.1) is 5.69 Å². The van der Waals surface area contributed by atoms with Gasteiger partial charge in [0, 0.05) is 23.7 Å². The third kappa shape index (κ3) is 1.50. The Morgan fingerprint density at radius 1 is 1.40 bits per heavy atom. The Labute approximate surface area is 88.8 Å². The van der Waals surface area contributed by atoms with Crippen LogP contribution >= 0.6 is 0 Å². The molecule has 3 nitrogen and oxygen atoms in total. The molecular formula is C12H14N2O. The molecule has 1 N–H and O–H groups in total. The number of fused-ring (bicyclic) bond motifs is 1. The van der Waals surface area contributed by atoms with Crippen LogP contribution in [0.25, 0.3) is 17.0 Å². The van der Waals surface area contributed by atoms with Gasteiger partial charge in [0.15, 0.2) is 5.58 Å². The molecular weight excluding hydrogens is 188 g/mol. The van der Waals surface area contributed by atoms with Crippen molar-refractivity contribution in [2.24, 2.45) is 0 Å². The molecule has 0 aliphatic carbocycles. The fourth-order valence-electron chi connectivity index (χ4n) is 1.70. The van der Waals surface area contributed by atoms with Crippen LogP contribution in [0, 0.1) is 6.92 Å². The molecule has 2 aromatic rings. The van der Waals surface area contributed by atoms with Crippen LogP contribution in [0.3, 0.4) is 0 Å². The van der Waals surface area contributed by atoms with Gasteiger partial charge in [-0.15, -0.1) is 0 Å². The summed E-state index contributed by atoms with van der Waals surface area (Å²) in [6.07, 6.45) is 4.02. The van der Waals surface area contributed by atoms with E-state index in [4.69, 9.17) is 4.52 Å². The average Bonchev–Trinajstić information content (AvgIpc) is 2.62. The molecule has 0 bridgehead atoms. The van der Waals surface area contributed by atoms with Crippen molar-refractivity contribution in [3.63, 3.8) is 0 Å². The molecule has 0 saturated carbocycles. The number of hydrogen-bond acceptors (Lipinski definition) is 3. The van der Waals surface area contributed by atoms with E-state index < -0.39 is 0 Å². The van der Waals surface area contributed by atoms with E-state index in [2.05, 4.69) is 10.5 Å². The number of nitrogens with one attached hydrogen (secondary N) is 1. The maximum absolute atomic E-state index is 5.33. The summed E-state index contributed by atoms with van der Waals surface area (Å²) in [6, 6.07) is 4.07. The average molecular weight is 202 g/mol. The molecule has 0 fully saturated rings. The second kappa shape index (κ2) is 3.77. The van der Waals surface area contributed by atoms with E-state index in [1.54, 1.807) is 0 Å². The molecule has 0 aliphatic heterocycles. The van der Waals surface area contributed by atoms with E-state index in [0.29, 0.717) is 0 Å². The van der Waals surface area contributed by atoms with Crippen LogP contribution in [0.5, 0.6) is 0 Å². The second-order valence-corrected chi connectivity index (χ2v) is 3.42. The van der Waals surface area contributed by atoms with Crippen molar-refractivity contribution >= 4 is 22.7 Å². The minimum atomic E-state index is 0.845. The summed E-state index contributed by atoms with van der Waals surface area (Å²) in [5.74, 6) is 0. The summed E-state index contributed by atoms with van der Waals surface area (Å²) in [6.45, 7) is 3.94. The normalized spacial score (nSPS) is 11.4. The molecule has 0 saturated heterocycles. The lowest BCUT2D eigenvalue weighted by Crippen LogP contribution is -1.91. The van der Waals surface area contributed by atoms with Gasteiger partial charge in [-0.05, 0) is 26.0 Å². The molecule has 15 heavy (non-hydrogen) atoms. The first-order valence-corrected chi connectivity index (χ1v) is 4.97. The van der Waals surface area contributed by atoms with Crippen LogP contribution in [-0.4, -0.2) is 12.2 Å². The summed E-state index contributed by atoms with van der Waals surface area (Å²) in [7, 11) is 1.90. The van der Waals surface area contributed by atoms with Gasteiger partial charge in [0.1, 0.15) is 0 Å². The van der Waals surface area contributed by atoms with Crippen LogP contribution in [0.15, 0.2) is 22.7 Å². The fraction of sp³-hybridized carbons (Fsp3) is 0.250. The molecule has 0 radical (unpaired) electrons. The molecule has 0 atom stereocenters. The lowest BCUT2D eigenvalue weighted by atomic mass is 10.1. The van der Waals surface area contributed by atoms with Gasteiger partial charge in [-0.2, -0.15) is 0 Å². The Balaban J connectivity index is 2.79. The molecule has 3 heteroatoms. The van der Waals surface area contributed by atoms with Crippen LogP contribution in [0.4, 0.5) is 5.69 Å². The Kier molecular flexibility index (Phi) is 2.46. The highest BCUT2D eigenvalue weighted by molar-refractivity contribution is 5.92. The Hall–Kier alpha value is -1.77. The lowest BCUT2D eigenvalue weighted by Gasteiger charge is -2.04. The lowest BCUT2D eigenvalue weighted by molar-refractivity contribution is 0.450. The molecule has 0 spiro atoms. The first kappa shape index (κ1) is 9.77. The summed E-state index contributed by atoms with van der Waals surface area (Å²) < 4.78 is 5.33. The van der Waals surface area contributed by atoms with Crippen LogP contribution in [-0.2, 0) is 0 Å². The van der Waals surface area contributed by atoms with E-state index in [-0.39, 0.29) is 0 Å². The minimum absolute atomic E-state index is 0.845. The first-order valence-electron chi connectivity index (χ1n) is 4.97. The summed E-state index contributed by atoms with van der Waals surface area (Å²) in [5, 5.41) is 8.19. The summed E-state index contributed by atoms with van der Waals surface area (Å²) >= 11 is 0. The zero-order valence-electron chi connectivity index (χ0n) is 9.16. The van der Waals surface area contributed by atoms with Crippen molar-refractivity contribution in [3.8, 4) is 0 Å². The number of aromatic nitrogens is 1. The molecule has 0 unspecified atom stereocenters. The third-order valence-electron chi connectivity index (χ3n) is 2.46. The summed E-state index contributed by atoms with van der Waals surface area (Å²) in [5.41, 5.74) is 3.88. The standard InChI is InChI=1S/C12H14N2O/c1-4-5-10-11(13-3)7-6-9-8(2)14-15-12(9)10/h4-7,13H,1-3H3. The van der Waals surface area contributed by atoms with Crippen molar-refractivity contribution in [1.82, 2.24) is 5.16 Å². The van der Waals surface area contributed by atoms with Gasteiger partial charge in [-0.3, -0.25) is 0 Å². The molecule has 2 rings (SSSR count). The Morgan fingerprint density at radius 2 is 2.20 bits per heavy atom. The predicted molar refractivity (Wildman–Crippen MR) is 63.0 cm³/mol. The third-order valence-corrected chi connectivity index (χ3v) is 2.46.